The van der Waals surface area contributed by atoms with Gasteiger partial charge >= 0.3 is 6.03 Å². The maximum Gasteiger partial charge on any atom is 0.319 e. The molecule has 0 saturated carbocycles. The lowest BCUT2D eigenvalue weighted by atomic mass is 10.1. The number of nitrogens with one attached hydrogen (secondary N) is 1. The monoisotopic (exact) mass is 270 g/mol. The first-order chi connectivity index (χ1) is 7.97. The van der Waals surface area contributed by atoms with Crippen LogP contribution in [0.4, 0.5) is 4.79 Å². The second kappa shape index (κ2) is 4.90. The molecule has 1 aromatic rings. The van der Waals surface area contributed by atoms with Crippen molar-refractivity contribution in [3.8, 4) is 0 Å². The van der Waals surface area contributed by atoms with E-state index in [1.54, 1.807) is 11.3 Å². The van der Waals surface area contributed by atoms with Crippen LogP contribution in [-0.2, 0) is 0 Å². The Kier molecular flexibility index (Phi) is 3.68. The first-order valence-corrected chi connectivity index (χ1v) is 7.69. The number of hydrogen-bond donors (Lipinski definition) is 1. The van der Waals surface area contributed by atoms with Crippen molar-refractivity contribution in [2.45, 2.75) is 31.7 Å². The molecule has 1 aliphatic rings. The van der Waals surface area contributed by atoms with Crippen molar-refractivity contribution >= 4 is 29.1 Å². The predicted molar refractivity (Wildman–Crippen MR) is 74.5 cm³/mol. The Morgan fingerprint density at radius 2 is 2.29 bits per heavy atom. The normalized spacial score (nSPS) is 20.6. The van der Waals surface area contributed by atoms with Crippen LogP contribution in [0.1, 0.15) is 31.7 Å². The Morgan fingerprint density at radius 3 is 2.88 bits per heavy atom. The van der Waals surface area contributed by atoms with Gasteiger partial charge in [-0.05, 0) is 43.2 Å². The fourth-order valence-electron chi connectivity index (χ4n) is 1.76. The van der Waals surface area contributed by atoms with Crippen LogP contribution in [0.15, 0.2) is 16.8 Å². The van der Waals surface area contributed by atoms with Gasteiger partial charge in [0.1, 0.15) is 5.37 Å². The molecular weight excluding hydrogens is 252 g/mol. The molecular formula is C12H18N2OS2. The summed E-state index contributed by atoms with van der Waals surface area (Å²) in [5, 5.41) is 7.40. The van der Waals surface area contributed by atoms with Crippen LogP contribution in [0.5, 0.6) is 0 Å². The van der Waals surface area contributed by atoms with Crippen molar-refractivity contribution in [2.75, 3.05) is 12.3 Å². The number of hydrogen-bond acceptors (Lipinski definition) is 3. The number of carbonyl (C=O) groups excluding carboxylic acids is 1. The topological polar surface area (TPSA) is 32.3 Å². The van der Waals surface area contributed by atoms with E-state index in [-0.39, 0.29) is 16.9 Å². The maximum absolute atomic E-state index is 12.2. The van der Waals surface area contributed by atoms with Crippen molar-refractivity contribution in [3.63, 3.8) is 0 Å². The lowest BCUT2D eigenvalue weighted by Gasteiger charge is -2.28. The highest BCUT2D eigenvalue weighted by molar-refractivity contribution is 7.99. The van der Waals surface area contributed by atoms with Crippen molar-refractivity contribution in [3.05, 3.63) is 22.4 Å². The molecule has 0 radical (unpaired) electrons. The van der Waals surface area contributed by atoms with Crippen molar-refractivity contribution in [1.29, 1.82) is 0 Å². The number of nitrogens with zero attached hydrogens (tertiary/aromatic N) is 1. The van der Waals surface area contributed by atoms with Crippen molar-refractivity contribution in [1.82, 2.24) is 10.2 Å². The first kappa shape index (κ1) is 12.8. The van der Waals surface area contributed by atoms with Gasteiger partial charge in [-0.3, -0.25) is 0 Å². The number of rotatable bonds is 1. The van der Waals surface area contributed by atoms with Gasteiger partial charge in [-0.15, -0.1) is 11.8 Å². The van der Waals surface area contributed by atoms with E-state index in [9.17, 15) is 4.79 Å². The number of amides is 2. The molecule has 1 atom stereocenters. The molecule has 0 bridgehead atoms. The second-order valence-electron chi connectivity index (χ2n) is 5.15. The van der Waals surface area contributed by atoms with Gasteiger partial charge in [0.2, 0.25) is 0 Å². The van der Waals surface area contributed by atoms with E-state index < -0.39 is 0 Å². The summed E-state index contributed by atoms with van der Waals surface area (Å²) in [6.07, 6.45) is 0. The zero-order chi connectivity index (χ0) is 12.5. The molecule has 94 valence electrons. The summed E-state index contributed by atoms with van der Waals surface area (Å²) in [6, 6.07) is 2.14. The maximum atomic E-state index is 12.2. The van der Waals surface area contributed by atoms with E-state index in [0.717, 1.165) is 12.3 Å². The van der Waals surface area contributed by atoms with Gasteiger partial charge in [0.15, 0.2) is 0 Å². The highest BCUT2D eigenvalue weighted by Crippen LogP contribution is 2.38. The molecule has 2 amide bonds. The standard InChI is InChI=1S/C12H18N2OS2/c1-12(2,3)13-11(15)14-5-7-17-10(14)9-4-6-16-8-9/h4,6,8,10H,5,7H2,1-3H3,(H,13,15)/t10-/m1/s1. The number of urea groups is 1. The molecule has 0 unspecified atom stereocenters. The molecule has 2 rings (SSSR count). The summed E-state index contributed by atoms with van der Waals surface area (Å²) in [7, 11) is 0. The SMILES string of the molecule is CC(C)(C)NC(=O)N1CCS[C@@H]1c1ccsc1. The minimum atomic E-state index is -0.177. The number of carbonyl (C=O) groups is 1. The third kappa shape index (κ3) is 3.16. The summed E-state index contributed by atoms with van der Waals surface area (Å²) >= 11 is 3.52. The Labute approximate surface area is 111 Å². The third-order valence-electron chi connectivity index (χ3n) is 2.46. The largest absolute Gasteiger partial charge is 0.333 e. The molecule has 1 N–H and O–H groups in total. The average molecular weight is 270 g/mol. The average Bonchev–Trinajstić information content (AvgIpc) is 2.85. The minimum absolute atomic E-state index is 0.0405. The van der Waals surface area contributed by atoms with Gasteiger partial charge in [-0.2, -0.15) is 11.3 Å². The van der Waals surface area contributed by atoms with E-state index in [1.165, 1.54) is 5.56 Å². The van der Waals surface area contributed by atoms with E-state index in [1.807, 2.05) is 37.4 Å². The van der Waals surface area contributed by atoms with Crippen LogP contribution in [0.2, 0.25) is 0 Å². The zero-order valence-electron chi connectivity index (χ0n) is 10.4. The molecule has 5 heteroatoms. The van der Waals surface area contributed by atoms with E-state index in [2.05, 4.69) is 22.1 Å². The molecule has 3 nitrogen and oxygen atoms in total. The quantitative estimate of drug-likeness (QED) is 0.849. The summed E-state index contributed by atoms with van der Waals surface area (Å²) in [6.45, 7) is 6.85. The van der Waals surface area contributed by atoms with E-state index in [4.69, 9.17) is 0 Å². The van der Waals surface area contributed by atoms with E-state index >= 15 is 0 Å². The number of thiophene rings is 1. The Balaban J connectivity index is 2.07. The molecule has 1 aliphatic heterocycles. The zero-order valence-corrected chi connectivity index (χ0v) is 12.0. The molecule has 2 heterocycles. The van der Waals surface area contributed by atoms with Gasteiger partial charge in [0, 0.05) is 17.8 Å². The minimum Gasteiger partial charge on any atom is -0.333 e. The van der Waals surface area contributed by atoms with Gasteiger partial charge in [-0.25, -0.2) is 4.79 Å². The van der Waals surface area contributed by atoms with E-state index in [0.29, 0.717) is 0 Å². The molecule has 1 saturated heterocycles. The second-order valence-corrected chi connectivity index (χ2v) is 7.12. The van der Waals surface area contributed by atoms with Crippen molar-refractivity contribution in [2.24, 2.45) is 0 Å². The molecule has 0 aromatic carbocycles. The summed E-state index contributed by atoms with van der Waals surface area (Å²) in [4.78, 5) is 14.1. The molecule has 0 aliphatic carbocycles. The van der Waals surface area contributed by atoms with Crippen molar-refractivity contribution < 1.29 is 4.79 Å². The van der Waals surface area contributed by atoms with Crippen LogP contribution in [0, 0.1) is 0 Å². The highest BCUT2D eigenvalue weighted by atomic mass is 32.2. The van der Waals surface area contributed by atoms with Crippen LogP contribution in [-0.4, -0.2) is 28.8 Å². The summed E-state index contributed by atoms with van der Waals surface area (Å²) < 4.78 is 0. The van der Waals surface area contributed by atoms with Crippen LogP contribution in [0.25, 0.3) is 0 Å². The van der Waals surface area contributed by atoms with Crippen LogP contribution < -0.4 is 5.32 Å². The van der Waals surface area contributed by atoms with Gasteiger partial charge in [0.25, 0.3) is 0 Å². The number of thioether (sulfide) groups is 1. The summed E-state index contributed by atoms with van der Waals surface area (Å²) in [5.74, 6) is 1.01. The first-order valence-electron chi connectivity index (χ1n) is 5.70. The van der Waals surface area contributed by atoms with Gasteiger partial charge in [-0.1, -0.05) is 0 Å². The lowest BCUT2D eigenvalue weighted by Crippen LogP contribution is -2.48. The molecule has 1 fully saturated rings. The fourth-order valence-corrected chi connectivity index (χ4v) is 3.77. The molecule has 17 heavy (non-hydrogen) atoms. The van der Waals surface area contributed by atoms with Crippen LogP contribution >= 0.6 is 23.1 Å². The predicted octanol–water partition coefficient (Wildman–Crippen LogP) is 3.30. The molecule has 1 aromatic heterocycles. The van der Waals surface area contributed by atoms with Gasteiger partial charge in [0.05, 0.1) is 0 Å². The fraction of sp³-hybridized carbons (Fsp3) is 0.583. The lowest BCUT2D eigenvalue weighted by molar-refractivity contribution is 0.191. The Bertz CT molecular complexity index is 384. The smallest absolute Gasteiger partial charge is 0.319 e. The molecule has 0 spiro atoms. The Hall–Kier alpha value is -0.680. The van der Waals surface area contributed by atoms with Gasteiger partial charge < -0.3 is 10.2 Å². The van der Waals surface area contributed by atoms with Crippen LogP contribution in [0.3, 0.4) is 0 Å². The summed E-state index contributed by atoms with van der Waals surface area (Å²) in [5.41, 5.74) is 1.06. The highest BCUT2D eigenvalue weighted by Gasteiger charge is 2.32. The Morgan fingerprint density at radius 1 is 1.53 bits per heavy atom. The third-order valence-corrected chi connectivity index (χ3v) is 4.42.